The Morgan fingerprint density at radius 1 is 0.842 bits per heavy atom. The van der Waals surface area contributed by atoms with Crippen molar-refractivity contribution in [1.29, 1.82) is 0 Å². The van der Waals surface area contributed by atoms with Crippen LogP contribution in [0.25, 0.3) is 11.1 Å². The van der Waals surface area contributed by atoms with Crippen LogP contribution in [-0.2, 0) is 6.18 Å². The lowest BCUT2D eigenvalue weighted by Gasteiger charge is -2.13. The van der Waals surface area contributed by atoms with E-state index in [0.717, 1.165) is 17.3 Å². The molecule has 0 aliphatic rings. The Bertz CT molecular complexity index is 556. The highest BCUT2D eigenvalue weighted by Gasteiger charge is 2.30. The standard InChI is InChI=1S/C15H14F3N/c1-19(2)14-8-6-11(7-9-14)12-4-3-5-13(10-12)15(16,17)18/h3-10H,1-2H3. The van der Waals surface area contributed by atoms with Gasteiger partial charge in [-0.3, -0.25) is 0 Å². The third-order valence-corrected chi connectivity index (χ3v) is 2.91. The Hall–Kier alpha value is -1.97. The molecule has 0 bridgehead atoms. The maximum Gasteiger partial charge on any atom is 0.416 e. The van der Waals surface area contributed by atoms with Crippen molar-refractivity contribution in [1.82, 2.24) is 0 Å². The minimum Gasteiger partial charge on any atom is -0.378 e. The van der Waals surface area contributed by atoms with Crippen molar-refractivity contribution in [2.45, 2.75) is 6.18 Å². The molecule has 0 fully saturated rings. The lowest BCUT2D eigenvalue weighted by atomic mass is 10.0. The summed E-state index contributed by atoms with van der Waals surface area (Å²) < 4.78 is 37.9. The summed E-state index contributed by atoms with van der Waals surface area (Å²) >= 11 is 0. The van der Waals surface area contributed by atoms with E-state index in [-0.39, 0.29) is 0 Å². The highest BCUT2D eigenvalue weighted by atomic mass is 19.4. The first-order chi connectivity index (χ1) is 8.88. The molecule has 0 unspecified atom stereocenters. The normalized spacial score (nSPS) is 11.4. The van der Waals surface area contributed by atoms with E-state index in [9.17, 15) is 13.2 Å². The van der Waals surface area contributed by atoms with Crippen LogP contribution in [0, 0.1) is 0 Å². The molecule has 0 saturated carbocycles. The first kappa shape index (κ1) is 13.5. The van der Waals surface area contributed by atoms with Crippen molar-refractivity contribution in [2.24, 2.45) is 0 Å². The van der Waals surface area contributed by atoms with E-state index >= 15 is 0 Å². The van der Waals surface area contributed by atoms with Gasteiger partial charge in [-0.25, -0.2) is 0 Å². The number of benzene rings is 2. The molecule has 0 atom stereocenters. The van der Waals surface area contributed by atoms with Crippen molar-refractivity contribution in [3.8, 4) is 11.1 Å². The molecule has 100 valence electrons. The molecule has 0 saturated heterocycles. The second kappa shape index (κ2) is 4.96. The molecule has 2 rings (SSSR count). The Morgan fingerprint density at radius 2 is 1.47 bits per heavy atom. The number of alkyl halides is 3. The van der Waals surface area contributed by atoms with Gasteiger partial charge in [0.1, 0.15) is 0 Å². The molecule has 4 heteroatoms. The Morgan fingerprint density at radius 3 is 2.00 bits per heavy atom. The fourth-order valence-electron chi connectivity index (χ4n) is 1.83. The van der Waals surface area contributed by atoms with Crippen molar-refractivity contribution < 1.29 is 13.2 Å². The van der Waals surface area contributed by atoms with Crippen molar-refractivity contribution in [2.75, 3.05) is 19.0 Å². The van der Waals surface area contributed by atoms with Gasteiger partial charge in [0.25, 0.3) is 0 Å². The van der Waals surface area contributed by atoms with Gasteiger partial charge in [-0.05, 0) is 35.4 Å². The van der Waals surface area contributed by atoms with Crippen LogP contribution in [0.1, 0.15) is 5.56 Å². The molecule has 1 nitrogen and oxygen atoms in total. The molecule has 0 aliphatic carbocycles. The summed E-state index contributed by atoms with van der Waals surface area (Å²) in [5, 5.41) is 0. The maximum absolute atomic E-state index is 12.6. The SMILES string of the molecule is CN(C)c1ccc(-c2cccc(C(F)(F)F)c2)cc1. The van der Waals surface area contributed by atoms with Gasteiger partial charge in [-0.15, -0.1) is 0 Å². The van der Waals surface area contributed by atoms with Crippen LogP contribution >= 0.6 is 0 Å². The van der Waals surface area contributed by atoms with Crippen LogP contribution in [0.4, 0.5) is 18.9 Å². The van der Waals surface area contributed by atoms with E-state index < -0.39 is 11.7 Å². The lowest BCUT2D eigenvalue weighted by molar-refractivity contribution is -0.137. The molecule has 0 aromatic heterocycles. The average Bonchev–Trinajstić information content (AvgIpc) is 2.38. The summed E-state index contributed by atoms with van der Waals surface area (Å²) in [7, 11) is 3.83. The number of anilines is 1. The number of nitrogens with zero attached hydrogens (tertiary/aromatic N) is 1. The van der Waals surface area contributed by atoms with E-state index in [1.54, 1.807) is 6.07 Å². The molecule has 2 aromatic carbocycles. The molecule has 0 radical (unpaired) electrons. The summed E-state index contributed by atoms with van der Waals surface area (Å²) in [5.41, 5.74) is 1.73. The van der Waals surface area contributed by atoms with Gasteiger partial charge in [0.2, 0.25) is 0 Å². The number of hydrogen-bond acceptors (Lipinski definition) is 1. The van der Waals surface area contributed by atoms with E-state index in [2.05, 4.69) is 0 Å². The second-order valence-corrected chi connectivity index (χ2v) is 4.52. The lowest BCUT2D eigenvalue weighted by Crippen LogP contribution is -2.08. The van der Waals surface area contributed by atoms with Gasteiger partial charge in [0, 0.05) is 19.8 Å². The Labute approximate surface area is 110 Å². The summed E-state index contributed by atoms with van der Waals surface area (Å²) in [6, 6.07) is 12.8. The largest absolute Gasteiger partial charge is 0.416 e. The van der Waals surface area contributed by atoms with Crippen LogP contribution in [0.5, 0.6) is 0 Å². The molecule has 2 aromatic rings. The van der Waals surface area contributed by atoms with E-state index in [4.69, 9.17) is 0 Å². The highest BCUT2D eigenvalue weighted by molar-refractivity contribution is 5.67. The van der Waals surface area contributed by atoms with Gasteiger partial charge >= 0.3 is 6.18 Å². The minimum atomic E-state index is -4.31. The van der Waals surface area contributed by atoms with Crippen molar-refractivity contribution >= 4 is 5.69 Å². The van der Waals surface area contributed by atoms with E-state index in [0.29, 0.717) is 5.56 Å². The maximum atomic E-state index is 12.6. The number of rotatable bonds is 2. The van der Waals surface area contributed by atoms with Crippen LogP contribution in [0.3, 0.4) is 0 Å². The molecule has 0 amide bonds. The van der Waals surface area contributed by atoms with Gasteiger partial charge in [-0.1, -0.05) is 24.3 Å². The molecule has 0 heterocycles. The highest BCUT2D eigenvalue weighted by Crippen LogP contribution is 2.32. The topological polar surface area (TPSA) is 3.24 Å². The van der Waals surface area contributed by atoms with Crippen LogP contribution < -0.4 is 4.90 Å². The molecular weight excluding hydrogens is 251 g/mol. The zero-order chi connectivity index (χ0) is 14.0. The quantitative estimate of drug-likeness (QED) is 0.776. The predicted octanol–water partition coefficient (Wildman–Crippen LogP) is 4.44. The molecule has 0 spiro atoms. The van der Waals surface area contributed by atoms with Gasteiger partial charge in [-0.2, -0.15) is 13.2 Å². The van der Waals surface area contributed by atoms with Gasteiger partial charge < -0.3 is 4.90 Å². The van der Waals surface area contributed by atoms with Gasteiger partial charge in [0.15, 0.2) is 0 Å². The fourth-order valence-corrected chi connectivity index (χ4v) is 1.83. The second-order valence-electron chi connectivity index (χ2n) is 4.52. The van der Waals surface area contributed by atoms with Gasteiger partial charge in [0.05, 0.1) is 5.56 Å². The number of hydrogen-bond donors (Lipinski definition) is 0. The Balaban J connectivity index is 2.37. The van der Waals surface area contributed by atoms with Crippen LogP contribution in [0.2, 0.25) is 0 Å². The molecule has 19 heavy (non-hydrogen) atoms. The summed E-state index contributed by atoms with van der Waals surface area (Å²) in [4.78, 5) is 1.94. The first-order valence-electron chi connectivity index (χ1n) is 5.83. The smallest absolute Gasteiger partial charge is 0.378 e. The number of halogens is 3. The minimum absolute atomic E-state index is 0.570. The molecule has 0 aliphatic heterocycles. The van der Waals surface area contributed by atoms with Crippen molar-refractivity contribution in [3.05, 3.63) is 54.1 Å². The summed E-state index contributed by atoms with van der Waals surface area (Å²) in [6.07, 6.45) is -4.31. The summed E-state index contributed by atoms with van der Waals surface area (Å²) in [5.74, 6) is 0. The monoisotopic (exact) mass is 265 g/mol. The fraction of sp³-hybridized carbons (Fsp3) is 0.200. The zero-order valence-electron chi connectivity index (χ0n) is 10.7. The van der Waals surface area contributed by atoms with E-state index in [1.165, 1.54) is 12.1 Å². The third kappa shape index (κ3) is 3.08. The first-order valence-corrected chi connectivity index (χ1v) is 5.83. The predicted molar refractivity (Wildman–Crippen MR) is 71.2 cm³/mol. The third-order valence-electron chi connectivity index (χ3n) is 2.91. The van der Waals surface area contributed by atoms with E-state index in [1.807, 2.05) is 43.3 Å². The summed E-state index contributed by atoms with van der Waals surface area (Å²) in [6.45, 7) is 0. The van der Waals surface area contributed by atoms with Crippen LogP contribution in [0.15, 0.2) is 48.5 Å². The molecular formula is C15H14F3N. The Kier molecular flexibility index (Phi) is 3.51. The van der Waals surface area contributed by atoms with Crippen molar-refractivity contribution in [3.63, 3.8) is 0 Å². The average molecular weight is 265 g/mol. The van der Waals surface area contributed by atoms with Crippen LogP contribution in [-0.4, -0.2) is 14.1 Å². The molecule has 0 N–H and O–H groups in total. The zero-order valence-corrected chi connectivity index (χ0v) is 10.7.